The van der Waals surface area contributed by atoms with Gasteiger partial charge in [0.2, 0.25) is 0 Å². The van der Waals surface area contributed by atoms with Gasteiger partial charge >= 0.3 is 10.4 Å². The van der Waals surface area contributed by atoms with Crippen molar-refractivity contribution < 1.29 is 86.4 Å². The molecule has 15 atom stereocenters. The Morgan fingerprint density at radius 3 is 1.74 bits per heavy atom. The molecule has 3 fully saturated rings. The molecule has 0 unspecified atom stereocenters. The first-order valence-corrected chi connectivity index (χ1v) is 12.9. The number of ether oxygens (including phenoxy) is 6. The highest BCUT2D eigenvalue weighted by Crippen LogP contribution is 2.34. The van der Waals surface area contributed by atoms with Crippen molar-refractivity contribution in [3.8, 4) is 0 Å². The third kappa shape index (κ3) is 6.78. The highest BCUT2D eigenvalue weighted by atomic mass is 32.3. The Kier molecular flexibility index (Phi) is 10.8. The number of hydrogen-bond donors (Lipinski definition) is 9. The van der Waals surface area contributed by atoms with E-state index in [1.807, 2.05) is 0 Å². The van der Waals surface area contributed by atoms with Crippen LogP contribution in [-0.2, 0) is 43.0 Å². The van der Waals surface area contributed by atoms with Gasteiger partial charge in [-0.1, -0.05) is 0 Å². The van der Waals surface area contributed by atoms with Crippen LogP contribution in [0.25, 0.3) is 0 Å². The van der Waals surface area contributed by atoms with Gasteiger partial charge in [-0.2, -0.15) is 8.42 Å². The van der Waals surface area contributed by atoms with Crippen LogP contribution >= 0.6 is 0 Å². The van der Waals surface area contributed by atoms with E-state index in [2.05, 4.69) is 4.18 Å². The molecule has 0 aromatic carbocycles. The Morgan fingerprint density at radius 1 is 0.658 bits per heavy atom. The molecule has 3 saturated heterocycles. The summed E-state index contributed by atoms with van der Waals surface area (Å²) in [6, 6.07) is 0. The standard InChI is InChI=1S/C19H34O18S/c1-5-8(22)10(24)11(25)18(32-5)36-16-13(27)17(31-2)34-7(4-21)14(16)35-19-12(26)15(37-38(28,29)30)9(23)6(3-20)33-19/h5-27H,3-4H2,1-2H3,(H,28,29,30)/t5-,6+,7+,8+,9-,10+,11-,12+,13+,14+,15-,16+,17+,18-,19-/m0/s1. The van der Waals surface area contributed by atoms with Crippen LogP contribution < -0.4 is 0 Å². The molecular formula is C19H34O18S. The van der Waals surface area contributed by atoms with Crippen LogP contribution in [0, 0.1) is 0 Å². The van der Waals surface area contributed by atoms with Crippen molar-refractivity contribution in [1.82, 2.24) is 0 Å². The average molecular weight is 583 g/mol. The molecule has 18 nitrogen and oxygen atoms in total. The van der Waals surface area contributed by atoms with E-state index in [0.29, 0.717) is 0 Å². The molecule has 38 heavy (non-hydrogen) atoms. The molecule has 224 valence electrons. The zero-order valence-corrected chi connectivity index (χ0v) is 21.0. The minimum Gasteiger partial charge on any atom is -0.394 e. The highest BCUT2D eigenvalue weighted by Gasteiger charge is 2.54. The van der Waals surface area contributed by atoms with Crippen LogP contribution in [0.1, 0.15) is 6.92 Å². The predicted octanol–water partition coefficient (Wildman–Crippen LogP) is -6.06. The Labute approximate surface area is 216 Å². The van der Waals surface area contributed by atoms with Gasteiger partial charge in [0.15, 0.2) is 18.9 Å². The Morgan fingerprint density at radius 2 is 1.18 bits per heavy atom. The monoisotopic (exact) mass is 582 g/mol. The molecule has 3 rings (SSSR count). The molecular weight excluding hydrogens is 548 g/mol. The van der Waals surface area contributed by atoms with Gasteiger partial charge < -0.3 is 69.3 Å². The van der Waals surface area contributed by atoms with Gasteiger partial charge in [0.1, 0.15) is 67.1 Å². The maximum absolute atomic E-state index is 11.2. The van der Waals surface area contributed by atoms with Crippen molar-refractivity contribution in [1.29, 1.82) is 0 Å². The molecule has 0 bridgehead atoms. The van der Waals surface area contributed by atoms with E-state index in [4.69, 9.17) is 33.0 Å². The van der Waals surface area contributed by atoms with Crippen molar-refractivity contribution in [3.05, 3.63) is 0 Å². The Balaban J connectivity index is 1.90. The third-order valence-electron chi connectivity index (χ3n) is 6.47. The molecule has 0 spiro atoms. The lowest BCUT2D eigenvalue weighted by Gasteiger charge is -2.48. The van der Waals surface area contributed by atoms with E-state index in [1.165, 1.54) is 6.92 Å². The number of methoxy groups -OCH3 is 1. The fraction of sp³-hybridized carbons (Fsp3) is 1.00. The molecule has 19 heteroatoms. The number of aliphatic hydroxyl groups is 8. The molecule has 3 aliphatic heterocycles. The quantitative estimate of drug-likeness (QED) is 0.114. The van der Waals surface area contributed by atoms with Gasteiger partial charge in [-0.05, 0) is 6.92 Å². The molecule has 0 radical (unpaired) electrons. The summed E-state index contributed by atoms with van der Waals surface area (Å²) in [6.07, 6.45) is -25.2. The summed E-state index contributed by atoms with van der Waals surface area (Å²) in [6.45, 7) is -0.345. The maximum Gasteiger partial charge on any atom is 0.397 e. The van der Waals surface area contributed by atoms with Crippen molar-refractivity contribution >= 4 is 10.4 Å². The largest absolute Gasteiger partial charge is 0.397 e. The SMILES string of the molecule is CO[C@@H]1O[C@H](CO)[C@@H](O[C@@H]2O[C@H](CO)[C@H](O)[C@H](OS(=O)(=O)O)[C@H]2O)[C@H](O[C@@H]2O[C@@H](C)[C@@H](O)[C@@H](O)[C@@H]2O)[C@H]1O. The fourth-order valence-electron chi connectivity index (χ4n) is 4.41. The van der Waals surface area contributed by atoms with Gasteiger partial charge in [0, 0.05) is 7.11 Å². The first kappa shape index (κ1) is 31.8. The van der Waals surface area contributed by atoms with Gasteiger partial charge in [-0.3, -0.25) is 4.55 Å². The molecule has 0 amide bonds. The maximum atomic E-state index is 11.2. The van der Waals surface area contributed by atoms with E-state index in [9.17, 15) is 49.3 Å². The lowest BCUT2D eigenvalue weighted by atomic mass is 9.96. The summed E-state index contributed by atoms with van der Waals surface area (Å²) in [5.74, 6) is 0. The normalized spacial score (nSPS) is 48.7. The first-order chi connectivity index (χ1) is 17.7. The summed E-state index contributed by atoms with van der Waals surface area (Å²) >= 11 is 0. The minimum absolute atomic E-state index is 0.803. The summed E-state index contributed by atoms with van der Waals surface area (Å²) in [7, 11) is -4.05. The Bertz CT molecular complexity index is 861. The summed E-state index contributed by atoms with van der Waals surface area (Å²) < 4.78 is 68.4. The number of hydrogen-bond acceptors (Lipinski definition) is 17. The van der Waals surface area contributed by atoms with Gasteiger partial charge in [0.25, 0.3) is 0 Å². The lowest BCUT2D eigenvalue weighted by Crippen LogP contribution is -2.67. The van der Waals surface area contributed by atoms with E-state index in [-0.39, 0.29) is 0 Å². The first-order valence-electron chi connectivity index (χ1n) is 11.5. The van der Waals surface area contributed by atoms with Gasteiger partial charge in [-0.25, -0.2) is 4.18 Å². The molecule has 3 heterocycles. The second-order valence-electron chi connectivity index (χ2n) is 9.03. The highest BCUT2D eigenvalue weighted by molar-refractivity contribution is 7.80. The predicted molar refractivity (Wildman–Crippen MR) is 115 cm³/mol. The lowest BCUT2D eigenvalue weighted by molar-refractivity contribution is -0.383. The average Bonchev–Trinajstić information content (AvgIpc) is 2.86. The fourth-order valence-corrected chi connectivity index (χ4v) is 4.92. The molecule has 0 saturated carbocycles. The molecule has 0 aromatic heterocycles. The van der Waals surface area contributed by atoms with Crippen molar-refractivity contribution in [3.63, 3.8) is 0 Å². The zero-order chi connectivity index (χ0) is 28.5. The van der Waals surface area contributed by atoms with Gasteiger partial charge in [-0.15, -0.1) is 0 Å². The van der Waals surface area contributed by atoms with Crippen LogP contribution in [0.4, 0.5) is 0 Å². The van der Waals surface area contributed by atoms with Crippen molar-refractivity contribution in [2.24, 2.45) is 0 Å². The van der Waals surface area contributed by atoms with Crippen LogP contribution in [0.5, 0.6) is 0 Å². The minimum atomic E-state index is -5.21. The van der Waals surface area contributed by atoms with Crippen LogP contribution in [0.2, 0.25) is 0 Å². The smallest absolute Gasteiger partial charge is 0.394 e. The van der Waals surface area contributed by atoms with E-state index < -0.39 is 116 Å². The van der Waals surface area contributed by atoms with Crippen LogP contribution in [-0.4, -0.2) is 166 Å². The Hall–Kier alpha value is -0.690. The third-order valence-corrected chi connectivity index (χ3v) is 6.94. The molecule has 0 aliphatic carbocycles. The zero-order valence-electron chi connectivity index (χ0n) is 20.2. The second-order valence-corrected chi connectivity index (χ2v) is 10.1. The summed E-state index contributed by atoms with van der Waals surface area (Å²) in [5, 5.41) is 81.6. The second kappa shape index (κ2) is 12.9. The molecule has 0 aromatic rings. The number of aliphatic hydroxyl groups excluding tert-OH is 8. The van der Waals surface area contributed by atoms with Crippen molar-refractivity contribution in [2.45, 2.75) is 99.0 Å². The van der Waals surface area contributed by atoms with Gasteiger partial charge in [0.05, 0.1) is 19.3 Å². The molecule has 3 aliphatic rings. The summed E-state index contributed by atoms with van der Waals surface area (Å²) in [5.41, 5.74) is 0. The van der Waals surface area contributed by atoms with Crippen LogP contribution in [0.15, 0.2) is 0 Å². The summed E-state index contributed by atoms with van der Waals surface area (Å²) in [4.78, 5) is 0. The van der Waals surface area contributed by atoms with Crippen LogP contribution in [0.3, 0.4) is 0 Å². The van der Waals surface area contributed by atoms with E-state index >= 15 is 0 Å². The number of rotatable bonds is 9. The van der Waals surface area contributed by atoms with Crippen molar-refractivity contribution in [2.75, 3.05) is 20.3 Å². The molecule has 9 N–H and O–H groups in total. The van der Waals surface area contributed by atoms with E-state index in [0.717, 1.165) is 7.11 Å². The van der Waals surface area contributed by atoms with E-state index in [1.54, 1.807) is 0 Å². The topological polar surface area (TPSA) is 281 Å².